The molecule has 0 saturated carbocycles. The van der Waals surface area contributed by atoms with E-state index >= 15 is 0 Å². The maximum absolute atomic E-state index is 13.3. The van der Waals surface area contributed by atoms with Crippen molar-refractivity contribution in [2.45, 2.75) is 51.1 Å². The van der Waals surface area contributed by atoms with Crippen molar-refractivity contribution in [1.82, 2.24) is 14.6 Å². The van der Waals surface area contributed by atoms with Gasteiger partial charge in [0.1, 0.15) is 9.71 Å². The molecule has 2 N–H and O–H groups in total. The van der Waals surface area contributed by atoms with Gasteiger partial charge in [-0.3, -0.25) is 9.59 Å². The zero-order valence-corrected chi connectivity index (χ0v) is 20.8. The average molecular weight is 489 g/mol. The first-order valence-corrected chi connectivity index (χ1v) is 12.5. The van der Waals surface area contributed by atoms with Gasteiger partial charge in [0.15, 0.2) is 5.16 Å². The Morgan fingerprint density at radius 2 is 1.94 bits per heavy atom. The third-order valence-electron chi connectivity index (χ3n) is 5.23. The van der Waals surface area contributed by atoms with E-state index in [-0.39, 0.29) is 17.7 Å². The standard InChI is InChI=1S/C23H28N4O4S2/c1-5-16(20(28)26(6-2)13-15-11-9-8-10-12-15)32-23-25-19-17(21(29)27(23)24)14(4)18(33-19)22(30)31-7-3/h8-12,16H,5-7,13,24H2,1-4H3/t16-/m0/s1. The minimum absolute atomic E-state index is 0.0437. The monoisotopic (exact) mass is 488 g/mol. The van der Waals surface area contributed by atoms with E-state index in [2.05, 4.69) is 4.98 Å². The number of thioether (sulfide) groups is 1. The third-order valence-corrected chi connectivity index (χ3v) is 7.71. The number of fused-ring (bicyclic) bond motifs is 1. The summed E-state index contributed by atoms with van der Waals surface area (Å²) in [5.74, 6) is 5.55. The van der Waals surface area contributed by atoms with Crippen LogP contribution in [0.15, 0.2) is 40.3 Å². The van der Waals surface area contributed by atoms with Crippen LogP contribution in [0, 0.1) is 6.92 Å². The largest absolute Gasteiger partial charge is 0.462 e. The molecule has 0 unspecified atom stereocenters. The van der Waals surface area contributed by atoms with Crippen LogP contribution in [0.2, 0.25) is 0 Å². The first-order valence-electron chi connectivity index (χ1n) is 10.8. The molecule has 10 heteroatoms. The number of aryl methyl sites for hydroxylation is 1. The van der Waals surface area contributed by atoms with Gasteiger partial charge in [-0.05, 0) is 38.3 Å². The SMILES string of the molecule is CCOC(=O)c1sc2nc(S[C@@H](CC)C(=O)N(CC)Cc3ccccc3)n(N)c(=O)c2c1C. The number of nitrogens with zero attached hydrogens (tertiary/aromatic N) is 3. The van der Waals surface area contributed by atoms with Crippen molar-refractivity contribution in [3.05, 3.63) is 56.7 Å². The van der Waals surface area contributed by atoms with Crippen LogP contribution >= 0.6 is 23.1 Å². The number of nitrogen functional groups attached to an aromatic ring is 1. The molecule has 2 aromatic heterocycles. The number of ether oxygens (including phenoxy) is 1. The van der Waals surface area contributed by atoms with Gasteiger partial charge >= 0.3 is 5.97 Å². The number of carbonyl (C=O) groups excluding carboxylic acids is 2. The first-order chi connectivity index (χ1) is 15.8. The molecule has 0 saturated heterocycles. The van der Waals surface area contributed by atoms with Crippen molar-refractivity contribution in [2.24, 2.45) is 0 Å². The van der Waals surface area contributed by atoms with E-state index in [1.165, 1.54) is 11.8 Å². The number of esters is 1. The fourth-order valence-electron chi connectivity index (χ4n) is 3.44. The molecule has 0 fully saturated rings. The highest BCUT2D eigenvalue weighted by atomic mass is 32.2. The van der Waals surface area contributed by atoms with Crippen LogP contribution in [-0.2, 0) is 16.1 Å². The molecule has 0 aliphatic heterocycles. The van der Waals surface area contributed by atoms with Gasteiger partial charge in [-0.15, -0.1) is 11.3 Å². The normalized spacial score (nSPS) is 12.0. The topological polar surface area (TPSA) is 108 Å². The number of nitrogens with two attached hydrogens (primary N) is 1. The van der Waals surface area contributed by atoms with Crippen LogP contribution < -0.4 is 11.4 Å². The predicted octanol–water partition coefficient (Wildman–Crippen LogP) is 3.58. The molecular weight excluding hydrogens is 460 g/mol. The molecule has 0 aliphatic rings. The van der Waals surface area contributed by atoms with Crippen molar-refractivity contribution in [2.75, 3.05) is 19.0 Å². The molecular formula is C23H28N4O4S2. The lowest BCUT2D eigenvalue weighted by atomic mass is 10.2. The van der Waals surface area contributed by atoms with E-state index in [1.54, 1.807) is 18.7 Å². The van der Waals surface area contributed by atoms with Gasteiger partial charge in [0.05, 0.1) is 17.2 Å². The Kier molecular flexibility index (Phi) is 8.15. The fourth-order valence-corrected chi connectivity index (χ4v) is 5.57. The van der Waals surface area contributed by atoms with Crippen LogP contribution in [0.1, 0.15) is 48.0 Å². The number of hydrogen-bond donors (Lipinski definition) is 1. The molecule has 1 amide bonds. The van der Waals surface area contributed by atoms with E-state index < -0.39 is 16.8 Å². The molecule has 8 nitrogen and oxygen atoms in total. The maximum atomic E-state index is 13.3. The molecule has 2 heterocycles. The fraction of sp³-hybridized carbons (Fsp3) is 0.391. The second-order valence-electron chi connectivity index (χ2n) is 7.38. The van der Waals surface area contributed by atoms with E-state index in [4.69, 9.17) is 10.6 Å². The summed E-state index contributed by atoms with van der Waals surface area (Å²) in [4.78, 5) is 45.6. The molecule has 3 aromatic rings. The summed E-state index contributed by atoms with van der Waals surface area (Å²) in [6.07, 6.45) is 0.542. The second kappa shape index (κ2) is 10.8. The van der Waals surface area contributed by atoms with Crippen molar-refractivity contribution < 1.29 is 14.3 Å². The van der Waals surface area contributed by atoms with Gasteiger partial charge in [-0.2, -0.15) is 0 Å². The summed E-state index contributed by atoms with van der Waals surface area (Å²) in [7, 11) is 0. The minimum atomic E-state index is -0.490. The molecule has 176 valence electrons. The summed E-state index contributed by atoms with van der Waals surface area (Å²) >= 11 is 2.27. The lowest BCUT2D eigenvalue weighted by Crippen LogP contribution is -2.38. The highest BCUT2D eigenvalue weighted by Gasteiger charge is 2.27. The van der Waals surface area contributed by atoms with Gasteiger partial charge in [0, 0.05) is 13.1 Å². The quantitative estimate of drug-likeness (QED) is 0.212. The van der Waals surface area contributed by atoms with Crippen LogP contribution in [-0.4, -0.2) is 44.8 Å². The summed E-state index contributed by atoms with van der Waals surface area (Å²) in [6, 6.07) is 9.79. The van der Waals surface area contributed by atoms with Gasteiger partial charge in [-0.25, -0.2) is 14.5 Å². The van der Waals surface area contributed by atoms with Gasteiger partial charge in [-0.1, -0.05) is 49.0 Å². The Morgan fingerprint density at radius 1 is 1.24 bits per heavy atom. The molecule has 0 spiro atoms. The number of benzene rings is 1. The van der Waals surface area contributed by atoms with Crippen molar-refractivity contribution in [3.63, 3.8) is 0 Å². The Bertz CT molecular complexity index is 1210. The lowest BCUT2D eigenvalue weighted by molar-refractivity contribution is -0.131. The van der Waals surface area contributed by atoms with Crippen molar-refractivity contribution in [1.29, 1.82) is 0 Å². The third kappa shape index (κ3) is 5.22. The van der Waals surface area contributed by atoms with Crippen LogP contribution in [0.4, 0.5) is 0 Å². The van der Waals surface area contributed by atoms with Crippen LogP contribution in [0.3, 0.4) is 0 Å². The Labute approximate surface area is 200 Å². The number of aromatic nitrogens is 2. The Balaban J connectivity index is 1.91. The summed E-state index contributed by atoms with van der Waals surface area (Å²) in [5.41, 5.74) is 1.10. The smallest absolute Gasteiger partial charge is 0.348 e. The second-order valence-corrected chi connectivity index (χ2v) is 9.55. The van der Waals surface area contributed by atoms with Crippen LogP contribution in [0.5, 0.6) is 0 Å². The number of carbonyl (C=O) groups is 2. The number of amides is 1. The van der Waals surface area contributed by atoms with Gasteiger partial charge in [0.25, 0.3) is 5.56 Å². The van der Waals surface area contributed by atoms with E-state index in [9.17, 15) is 14.4 Å². The number of hydrogen-bond acceptors (Lipinski definition) is 8. The first kappa shape index (κ1) is 24.8. The maximum Gasteiger partial charge on any atom is 0.348 e. The number of rotatable bonds is 9. The van der Waals surface area contributed by atoms with Crippen LogP contribution in [0.25, 0.3) is 10.2 Å². The molecule has 33 heavy (non-hydrogen) atoms. The van der Waals surface area contributed by atoms with Crippen molar-refractivity contribution >= 4 is 45.2 Å². The molecule has 0 aliphatic carbocycles. The van der Waals surface area contributed by atoms with Crippen molar-refractivity contribution in [3.8, 4) is 0 Å². The summed E-state index contributed by atoms with van der Waals surface area (Å²) in [5, 5.41) is 0.0760. The predicted molar refractivity (Wildman–Crippen MR) is 132 cm³/mol. The average Bonchev–Trinajstić information content (AvgIpc) is 3.15. The van der Waals surface area contributed by atoms with E-state index in [1.807, 2.05) is 44.2 Å². The van der Waals surface area contributed by atoms with Gasteiger partial charge < -0.3 is 15.5 Å². The zero-order chi connectivity index (χ0) is 24.1. The summed E-state index contributed by atoms with van der Waals surface area (Å²) in [6.45, 7) is 8.55. The zero-order valence-electron chi connectivity index (χ0n) is 19.2. The minimum Gasteiger partial charge on any atom is -0.462 e. The highest BCUT2D eigenvalue weighted by Crippen LogP contribution is 2.31. The number of thiophene rings is 1. The molecule has 0 bridgehead atoms. The Hall–Kier alpha value is -2.85. The van der Waals surface area contributed by atoms with E-state index in [0.717, 1.165) is 21.6 Å². The highest BCUT2D eigenvalue weighted by molar-refractivity contribution is 8.00. The molecule has 1 atom stereocenters. The molecule has 3 rings (SSSR count). The molecule has 0 radical (unpaired) electrons. The van der Waals surface area contributed by atoms with Gasteiger partial charge in [0.2, 0.25) is 5.91 Å². The lowest BCUT2D eigenvalue weighted by Gasteiger charge is -2.25. The summed E-state index contributed by atoms with van der Waals surface area (Å²) < 4.78 is 6.05. The molecule has 1 aromatic carbocycles. The van der Waals surface area contributed by atoms with E-state index in [0.29, 0.717) is 40.2 Å². The Morgan fingerprint density at radius 3 is 2.55 bits per heavy atom.